The summed E-state index contributed by atoms with van der Waals surface area (Å²) in [4.78, 5) is 21.6. The Labute approximate surface area is 78.2 Å². The summed E-state index contributed by atoms with van der Waals surface area (Å²) in [5, 5.41) is 0. The van der Waals surface area contributed by atoms with Crippen molar-refractivity contribution in [2.75, 3.05) is 13.2 Å². The van der Waals surface area contributed by atoms with E-state index in [9.17, 15) is 9.59 Å². The zero-order chi connectivity index (χ0) is 10.1. The SMILES string of the molecule is CCCOC(=O)[CH]CC(=O)OCC. The summed E-state index contributed by atoms with van der Waals surface area (Å²) in [6.45, 7) is 4.33. The first-order valence-electron chi connectivity index (χ1n) is 4.36. The van der Waals surface area contributed by atoms with Crippen LogP contribution in [0.2, 0.25) is 0 Å². The number of esters is 2. The van der Waals surface area contributed by atoms with E-state index in [1.165, 1.54) is 6.42 Å². The van der Waals surface area contributed by atoms with Crippen LogP contribution in [0.15, 0.2) is 0 Å². The highest BCUT2D eigenvalue weighted by Gasteiger charge is 2.08. The van der Waals surface area contributed by atoms with Gasteiger partial charge in [0.2, 0.25) is 0 Å². The predicted molar refractivity (Wildman–Crippen MR) is 46.8 cm³/mol. The number of hydrogen-bond donors (Lipinski definition) is 0. The van der Waals surface area contributed by atoms with Crippen molar-refractivity contribution < 1.29 is 19.1 Å². The van der Waals surface area contributed by atoms with Gasteiger partial charge < -0.3 is 9.47 Å². The molecule has 1 radical (unpaired) electrons. The van der Waals surface area contributed by atoms with E-state index in [0.717, 1.165) is 6.42 Å². The van der Waals surface area contributed by atoms with Crippen LogP contribution in [0.1, 0.15) is 26.7 Å². The molecule has 0 unspecified atom stereocenters. The van der Waals surface area contributed by atoms with Gasteiger partial charge in [0.05, 0.1) is 26.1 Å². The monoisotopic (exact) mass is 187 g/mol. The van der Waals surface area contributed by atoms with Gasteiger partial charge in [-0.25, -0.2) is 0 Å². The normalized spacial score (nSPS) is 9.38. The fourth-order valence-corrected chi connectivity index (χ4v) is 0.648. The Morgan fingerprint density at radius 3 is 2.46 bits per heavy atom. The van der Waals surface area contributed by atoms with E-state index in [0.29, 0.717) is 13.2 Å². The maximum absolute atomic E-state index is 10.8. The molecule has 0 amide bonds. The van der Waals surface area contributed by atoms with Crippen LogP contribution >= 0.6 is 0 Å². The second kappa shape index (κ2) is 7.58. The van der Waals surface area contributed by atoms with Crippen molar-refractivity contribution in [3.05, 3.63) is 6.42 Å². The lowest BCUT2D eigenvalue weighted by atomic mass is 10.3. The second-order valence-electron chi connectivity index (χ2n) is 2.38. The third-order valence-electron chi connectivity index (χ3n) is 1.19. The first kappa shape index (κ1) is 11.9. The lowest BCUT2D eigenvalue weighted by Gasteiger charge is -2.02. The molecule has 4 heteroatoms. The molecule has 0 aliphatic carbocycles. The highest BCUT2D eigenvalue weighted by molar-refractivity contribution is 5.85. The van der Waals surface area contributed by atoms with E-state index in [4.69, 9.17) is 4.74 Å². The van der Waals surface area contributed by atoms with Crippen molar-refractivity contribution in [1.29, 1.82) is 0 Å². The average Bonchev–Trinajstić information content (AvgIpc) is 2.12. The minimum atomic E-state index is -0.463. The van der Waals surface area contributed by atoms with Crippen LogP contribution in [0.5, 0.6) is 0 Å². The largest absolute Gasteiger partial charge is 0.466 e. The first-order valence-corrected chi connectivity index (χ1v) is 4.36. The molecule has 0 atom stereocenters. The van der Waals surface area contributed by atoms with E-state index >= 15 is 0 Å². The molecule has 13 heavy (non-hydrogen) atoms. The van der Waals surface area contributed by atoms with E-state index in [1.54, 1.807) is 6.92 Å². The predicted octanol–water partition coefficient (Wildman–Crippen LogP) is 1.10. The average molecular weight is 187 g/mol. The number of ether oxygens (including phenoxy) is 2. The van der Waals surface area contributed by atoms with E-state index in [-0.39, 0.29) is 6.42 Å². The summed E-state index contributed by atoms with van der Waals surface area (Å²) < 4.78 is 9.34. The minimum Gasteiger partial charge on any atom is -0.466 e. The van der Waals surface area contributed by atoms with Gasteiger partial charge in [-0.1, -0.05) is 6.92 Å². The van der Waals surface area contributed by atoms with Gasteiger partial charge in [0.15, 0.2) is 0 Å². The molecule has 0 saturated heterocycles. The number of carbonyl (C=O) groups is 2. The molecule has 0 rings (SSSR count). The van der Waals surface area contributed by atoms with Crippen molar-refractivity contribution in [3.63, 3.8) is 0 Å². The second-order valence-corrected chi connectivity index (χ2v) is 2.38. The highest BCUT2D eigenvalue weighted by Crippen LogP contribution is 1.94. The molecule has 0 N–H and O–H groups in total. The Morgan fingerprint density at radius 1 is 1.23 bits per heavy atom. The minimum absolute atomic E-state index is 0.0175. The molecule has 4 nitrogen and oxygen atoms in total. The Balaban J connectivity index is 3.40. The molecular formula is C9H15O4. The van der Waals surface area contributed by atoms with Gasteiger partial charge in [-0.15, -0.1) is 0 Å². The Bertz CT molecular complexity index is 165. The summed E-state index contributed by atoms with van der Waals surface area (Å²) in [7, 11) is 0. The summed E-state index contributed by atoms with van der Waals surface area (Å²) in [6, 6.07) is 0. The van der Waals surface area contributed by atoms with Gasteiger partial charge in [0, 0.05) is 0 Å². The molecule has 75 valence electrons. The maximum atomic E-state index is 10.8. The molecule has 0 aliphatic heterocycles. The van der Waals surface area contributed by atoms with Gasteiger partial charge in [0.1, 0.15) is 0 Å². The summed E-state index contributed by atoms with van der Waals surface area (Å²) in [6.07, 6.45) is 1.95. The molecule has 0 saturated carbocycles. The van der Waals surface area contributed by atoms with Crippen LogP contribution in [0.25, 0.3) is 0 Å². The van der Waals surface area contributed by atoms with Crippen LogP contribution < -0.4 is 0 Å². The zero-order valence-electron chi connectivity index (χ0n) is 8.04. The van der Waals surface area contributed by atoms with Gasteiger partial charge in [-0.3, -0.25) is 9.59 Å². The smallest absolute Gasteiger partial charge is 0.310 e. The third-order valence-corrected chi connectivity index (χ3v) is 1.19. The van der Waals surface area contributed by atoms with Gasteiger partial charge in [-0.2, -0.15) is 0 Å². The van der Waals surface area contributed by atoms with Gasteiger partial charge in [0.25, 0.3) is 0 Å². The molecular weight excluding hydrogens is 172 g/mol. The van der Waals surface area contributed by atoms with Crippen molar-refractivity contribution in [3.8, 4) is 0 Å². The van der Waals surface area contributed by atoms with Crippen LogP contribution in [-0.2, 0) is 19.1 Å². The number of hydrogen-bond acceptors (Lipinski definition) is 4. The van der Waals surface area contributed by atoms with E-state index in [1.807, 2.05) is 6.92 Å². The molecule has 0 spiro atoms. The fraction of sp³-hybridized carbons (Fsp3) is 0.667. The summed E-state index contributed by atoms with van der Waals surface area (Å²) in [5.41, 5.74) is 0. The van der Waals surface area contributed by atoms with Crippen molar-refractivity contribution >= 4 is 11.9 Å². The Hall–Kier alpha value is -1.06. The molecule has 0 aromatic carbocycles. The first-order chi connectivity index (χ1) is 6.20. The third kappa shape index (κ3) is 7.31. The van der Waals surface area contributed by atoms with Crippen LogP contribution in [0.3, 0.4) is 0 Å². The maximum Gasteiger partial charge on any atom is 0.310 e. The van der Waals surface area contributed by atoms with Crippen LogP contribution in [-0.4, -0.2) is 25.2 Å². The Morgan fingerprint density at radius 2 is 1.92 bits per heavy atom. The quantitative estimate of drug-likeness (QED) is 0.584. The van der Waals surface area contributed by atoms with Gasteiger partial charge in [-0.05, 0) is 13.3 Å². The van der Waals surface area contributed by atoms with Crippen molar-refractivity contribution in [2.45, 2.75) is 26.7 Å². The summed E-state index contributed by atoms with van der Waals surface area (Å²) in [5.74, 6) is -0.870. The molecule has 0 fully saturated rings. The highest BCUT2D eigenvalue weighted by atomic mass is 16.5. The van der Waals surface area contributed by atoms with E-state index in [2.05, 4.69) is 4.74 Å². The lowest BCUT2D eigenvalue weighted by Crippen LogP contribution is -2.11. The molecule has 0 aromatic rings. The number of rotatable bonds is 6. The standard InChI is InChI=1S/C9H15O4/c1-3-7-13-9(11)6-5-8(10)12-4-2/h6H,3-5,7H2,1-2H3. The summed E-state index contributed by atoms with van der Waals surface area (Å²) >= 11 is 0. The van der Waals surface area contributed by atoms with Crippen LogP contribution in [0, 0.1) is 6.42 Å². The van der Waals surface area contributed by atoms with Crippen molar-refractivity contribution in [2.24, 2.45) is 0 Å². The van der Waals surface area contributed by atoms with Crippen molar-refractivity contribution in [1.82, 2.24) is 0 Å². The lowest BCUT2D eigenvalue weighted by molar-refractivity contribution is -0.146. The fourth-order valence-electron chi connectivity index (χ4n) is 0.648. The number of carbonyl (C=O) groups excluding carboxylic acids is 2. The molecule has 0 heterocycles. The van der Waals surface area contributed by atoms with Crippen LogP contribution in [0.4, 0.5) is 0 Å². The molecule has 0 aliphatic rings. The molecule has 0 aromatic heterocycles. The Kier molecular flexibility index (Phi) is 6.96. The van der Waals surface area contributed by atoms with E-state index < -0.39 is 11.9 Å². The topological polar surface area (TPSA) is 52.6 Å². The zero-order valence-corrected chi connectivity index (χ0v) is 8.04. The molecule has 0 bridgehead atoms. The van der Waals surface area contributed by atoms with Gasteiger partial charge >= 0.3 is 11.9 Å².